The molecule has 0 aliphatic rings. The summed E-state index contributed by atoms with van der Waals surface area (Å²) in [6.45, 7) is 0.365. The number of aromatic nitrogens is 2. The van der Waals surface area contributed by atoms with E-state index in [1.165, 1.54) is 0 Å². The lowest BCUT2D eigenvalue weighted by atomic mass is 10.2. The van der Waals surface area contributed by atoms with Gasteiger partial charge in [0, 0.05) is 12.6 Å². The first-order valence-corrected chi connectivity index (χ1v) is 4.65. The van der Waals surface area contributed by atoms with Crippen molar-refractivity contribution in [2.45, 2.75) is 6.54 Å². The first-order valence-electron chi connectivity index (χ1n) is 4.65. The largest absolute Gasteiger partial charge is 0.355 e. The van der Waals surface area contributed by atoms with Crippen LogP contribution in [-0.4, -0.2) is 22.9 Å². The van der Waals surface area contributed by atoms with Gasteiger partial charge >= 0.3 is 0 Å². The van der Waals surface area contributed by atoms with Crippen LogP contribution in [0.3, 0.4) is 0 Å². The number of imidazole rings is 1. The van der Waals surface area contributed by atoms with Crippen LogP contribution in [0.15, 0.2) is 18.2 Å². The maximum atomic E-state index is 11.4. The Balaban J connectivity index is 2.50. The molecular weight excluding hydrogens is 192 g/mol. The molecule has 5 nitrogen and oxygen atoms in total. The Kier molecular flexibility index (Phi) is 2.39. The zero-order chi connectivity index (χ0) is 10.8. The van der Waals surface area contributed by atoms with Gasteiger partial charge in [-0.1, -0.05) is 0 Å². The molecule has 0 spiro atoms. The third-order valence-corrected chi connectivity index (χ3v) is 2.21. The molecule has 78 valence electrons. The van der Waals surface area contributed by atoms with Crippen molar-refractivity contribution in [2.24, 2.45) is 5.73 Å². The van der Waals surface area contributed by atoms with E-state index in [4.69, 9.17) is 5.73 Å². The number of hydrogen-bond acceptors (Lipinski definition) is 3. The van der Waals surface area contributed by atoms with E-state index in [-0.39, 0.29) is 5.91 Å². The van der Waals surface area contributed by atoms with Gasteiger partial charge in [-0.15, -0.1) is 0 Å². The topological polar surface area (TPSA) is 83.8 Å². The highest BCUT2D eigenvalue weighted by atomic mass is 16.1. The summed E-state index contributed by atoms with van der Waals surface area (Å²) in [5.74, 6) is 0.611. The molecular formula is C10H12N4O. The minimum absolute atomic E-state index is 0.110. The third-order valence-electron chi connectivity index (χ3n) is 2.21. The number of rotatable bonds is 2. The molecule has 0 radical (unpaired) electrons. The molecule has 0 aliphatic carbocycles. The van der Waals surface area contributed by atoms with Gasteiger partial charge in [0.05, 0.1) is 17.6 Å². The monoisotopic (exact) mass is 204 g/mol. The van der Waals surface area contributed by atoms with Crippen molar-refractivity contribution in [2.75, 3.05) is 7.05 Å². The van der Waals surface area contributed by atoms with Gasteiger partial charge in [0.25, 0.3) is 5.91 Å². The first-order chi connectivity index (χ1) is 7.24. The van der Waals surface area contributed by atoms with Gasteiger partial charge in [-0.3, -0.25) is 4.79 Å². The predicted molar refractivity (Wildman–Crippen MR) is 57.4 cm³/mol. The highest BCUT2D eigenvalue weighted by Gasteiger charge is 2.06. The predicted octanol–water partition coefficient (Wildman–Crippen LogP) is 0.381. The number of aromatic amines is 1. The van der Waals surface area contributed by atoms with Crippen molar-refractivity contribution in [1.82, 2.24) is 15.3 Å². The molecule has 0 aliphatic heterocycles. The molecule has 0 atom stereocenters. The number of benzene rings is 1. The number of nitrogens with two attached hydrogens (primary N) is 1. The summed E-state index contributed by atoms with van der Waals surface area (Å²) < 4.78 is 0. The molecule has 0 saturated heterocycles. The summed E-state index contributed by atoms with van der Waals surface area (Å²) in [5.41, 5.74) is 7.73. The SMILES string of the molecule is CNC(=O)c1ccc2nc(CN)[nH]c2c1. The van der Waals surface area contributed by atoms with E-state index in [0.29, 0.717) is 12.1 Å². The fourth-order valence-corrected chi connectivity index (χ4v) is 1.44. The molecule has 1 aromatic heterocycles. The summed E-state index contributed by atoms with van der Waals surface area (Å²) in [6.07, 6.45) is 0. The lowest BCUT2D eigenvalue weighted by Crippen LogP contribution is -2.17. The number of fused-ring (bicyclic) bond motifs is 1. The van der Waals surface area contributed by atoms with Crippen LogP contribution in [0.1, 0.15) is 16.2 Å². The third kappa shape index (κ3) is 1.69. The van der Waals surface area contributed by atoms with Crippen molar-refractivity contribution in [3.05, 3.63) is 29.6 Å². The van der Waals surface area contributed by atoms with Crippen LogP contribution < -0.4 is 11.1 Å². The smallest absolute Gasteiger partial charge is 0.251 e. The fraction of sp³-hybridized carbons (Fsp3) is 0.200. The van der Waals surface area contributed by atoms with E-state index in [2.05, 4.69) is 15.3 Å². The van der Waals surface area contributed by atoms with Crippen molar-refractivity contribution < 1.29 is 4.79 Å². The second-order valence-electron chi connectivity index (χ2n) is 3.20. The van der Waals surface area contributed by atoms with Crippen molar-refractivity contribution in [3.8, 4) is 0 Å². The van der Waals surface area contributed by atoms with Crippen LogP contribution >= 0.6 is 0 Å². The number of nitrogens with one attached hydrogen (secondary N) is 2. The highest BCUT2D eigenvalue weighted by Crippen LogP contribution is 2.13. The molecule has 2 aromatic rings. The summed E-state index contributed by atoms with van der Waals surface area (Å²) in [6, 6.07) is 5.30. The van der Waals surface area contributed by atoms with Crippen molar-refractivity contribution in [3.63, 3.8) is 0 Å². The summed E-state index contributed by atoms with van der Waals surface area (Å²) in [4.78, 5) is 18.7. The molecule has 15 heavy (non-hydrogen) atoms. The van der Waals surface area contributed by atoms with Crippen LogP contribution in [0.4, 0.5) is 0 Å². The van der Waals surface area contributed by atoms with Gasteiger partial charge in [-0.25, -0.2) is 4.98 Å². The number of carbonyl (C=O) groups excluding carboxylic acids is 1. The second-order valence-corrected chi connectivity index (χ2v) is 3.20. The number of nitrogens with zero attached hydrogens (tertiary/aromatic N) is 1. The second kappa shape index (κ2) is 3.70. The van der Waals surface area contributed by atoms with Gasteiger partial charge < -0.3 is 16.0 Å². The Morgan fingerprint density at radius 1 is 1.60 bits per heavy atom. The van der Waals surface area contributed by atoms with Crippen molar-refractivity contribution >= 4 is 16.9 Å². The van der Waals surface area contributed by atoms with Gasteiger partial charge in [0.1, 0.15) is 5.82 Å². The van der Waals surface area contributed by atoms with Crippen LogP contribution in [0.5, 0.6) is 0 Å². The molecule has 4 N–H and O–H groups in total. The average molecular weight is 204 g/mol. The average Bonchev–Trinajstić information content (AvgIpc) is 2.69. The molecule has 0 saturated carbocycles. The first kappa shape index (κ1) is 9.67. The molecule has 1 amide bonds. The van der Waals surface area contributed by atoms with Gasteiger partial charge in [0.2, 0.25) is 0 Å². The van der Waals surface area contributed by atoms with E-state index in [0.717, 1.165) is 16.9 Å². The van der Waals surface area contributed by atoms with Gasteiger partial charge in [0.15, 0.2) is 0 Å². The summed E-state index contributed by atoms with van der Waals surface area (Å²) >= 11 is 0. The van der Waals surface area contributed by atoms with Crippen LogP contribution in [0, 0.1) is 0 Å². The molecule has 1 heterocycles. The highest BCUT2D eigenvalue weighted by molar-refractivity contribution is 5.97. The lowest BCUT2D eigenvalue weighted by molar-refractivity contribution is 0.0963. The molecule has 0 unspecified atom stereocenters. The van der Waals surface area contributed by atoms with E-state index in [1.807, 2.05) is 0 Å². The Morgan fingerprint density at radius 3 is 3.07 bits per heavy atom. The normalized spacial score (nSPS) is 10.5. The minimum Gasteiger partial charge on any atom is -0.355 e. The number of hydrogen-bond donors (Lipinski definition) is 3. The van der Waals surface area contributed by atoms with Gasteiger partial charge in [-0.05, 0) is 18.2 Å². The zero-order valence-electron chi connectivity index (χ0n) is 8.37. The number of amides is 1. The number of H-pyrrole nitrogens is 1. The van der Waals surface area contributed by atoms with E-state index >= 15 is 0 Å². The quantitative estimate of drug-likeness (QED) is 0.661. The maximum absolute atomic E-state index is 11.4. The Labute approximate surface area is 86.7 Å². The maximum Gasteiger partial charge on any atom is 0.251 e. The fourth-order valence-electron chi connectivity index (χ4n) is 1.44. The van der Waals surface area contributed by atoms with E-state index in [9.17, 15) is 4.79 Å². The van der Waals surface area contributed by atoms with Crippen molar-refractivity contribution in [1.29, 1.82) is 0 Å². The van der Waals surface area contributed by atoms with Crippen LogP contribution in [0.2, 0.25) is 0 Å². The molecule has 5 heteroatoms. The Hall–Kier alpha value is -1.88. The standard InChI is InChI=1S/C10H12N4O/c1-12-10(15)6-2-3-7-8(4-6)14-9(5-11)13-7/h2-4H,5,11H2,1H3,(H,12,15)(H,13,14). The zero-order valence-corrected chi connectivity index (χ0v) is 8.37. The van der Waals surface area contributed by atoms with E-state index in [1.54, 1.807) is 25.2 Å². The minimum atomic E-state index is -0.110. The number of carbonyl (C=O) groups is 1. The van der Waals surface area contributed by atoms with Gasteiger partial charge in [-0.2, -0.15) is 0 Å². The molecule has 0 bridgehead atoms. The summed E-state index contributed by atoms with van der Waals surface area (Å²) in [5, 5.41) is 2.57. The van der Waals surface area contributed by atoms with Crippen LogP contribution in [0.25, 0.3) is 11.0 Å². The molecule has 2 rings (SSSR count). The lowest BCUT2D eigenvalue weighted by Gasteiger charge is -1.98. The molecule has 0 fully saturated rings. The van der Waals surface area contributed by atoms with Crippen LogP contribution in [-0.2, 0) is 6.54 Å². The summed E-state index contributed by atoms with van der Waals surface area (Å²) in [7, 11) is 1.60. The molecule has 1 aromatic carbocycles. The Bertz CT molecular complexity index is 503. The Morgan fingerprint density at radius 2 is 2.40 bits per heavy atom. The van der Waals surface area contributed by atoms with E-state index < -0.39 is 0 Å².